The van der Waals surface area contributed by atoms with E-state index < -0.39 is 12.0 Å². The average Bonchev–Trinajstić information content (AvgIpc) is 3.67. The summed E-state index contributed by atoms with van der Waals surface area (Å²) >= 11 is 0. The monoisotopic (exact) mass is 601 g/mol. The van der Waals surface area contributed by atoms with Crippen LogP contribution in [0, 0.1) is 5.92 Å². The van der Waals surface area contributed by atoms with Crippen LogP contribution in [-0.4, -0.2) is 110 Å². The number of fused-ring (bicyclic) bond motifs is 5. The van der Waals surface area contributed by atoms with Gasteiger partial charge in [-0.05, 0) is 36.2 Å². The molecule has 3 aromatic rings. The second-order valence-corrected chi connectivity index (χ2v) is 11.1. The molecule has 0 unspecified atom stereocenters. The highest BCUT2D eigenvalue weighted by Gasteiger charge is 2.41. The second-order valence-electron chi connectivity index (χ2n) is 11.1. The number of amides is 4. The molecule has 2 fully saturated rings. The van der Waals surface area contributed by atoms with Crippen LogP contribution in [0.4, 0.5) is 4.79 Å². The molecule has 12 nitrogen and oxygen atoms in total. The van der Waals surface area contributed by atoms with E-state index in [1.807, 2.05) is 36.4 Å². The lowest BCUT2D eigenvalue weighted by molar-refractivity contribution is -0.132. The maximum atomic E-state index is 13.8. The molecule has 3 aliphatic heterocycles. The molecular formula is C32H35N5O7. The van der Waals surface area contributed by atoms with Gasteiger partial charge in [0.15, 0.2) is 11.5 Å². The van der Waals surface area contributed by atoms with Crippen molar-refractivity contribution < 1.29 is 33.4 Å². The van der Waals surface area contributed by atoms with Crippen molar-refractivity contribution in [2.24, 2.45) is 5.92 Å². The first-order chi connectivity index (χ1) is 21.4. The normalized spacial score (nSPS) is 20.8. The van der Waals surface area contributed by atoms with E-state index in [9.17, 15) is 19.2 Å². The molecule has 0 aliphatic carbocycles. The van der Waals surface area contributed by atoms with Gasteiger partial charge in [0.05, 0.1) is 37.2 Å². The van der Waals surface area contributed by atoms with Gasteiger partial charge in [0.1, 0.15) is 19.8 Å². The van der Waals surface area contributed by atoms with Crippen LogP contribution in [0.15, 0.2) is 54.7 Å². The maximum absolute atomic E-state index is 13.8. The fraction of sp³-hybridized carbons (Fsp3) is 0.406. The number of benzene rings is 2. The molecule has 1 N–H and O–H groups in total. The summed E-state index contributed by atoms with van der Waals surface area (Å²) in [6.07, 6.45) is 1.65. The molecule has 44 heavy (non-hydrogen) atoms. The fourth-order valence-corrected chi connectivity index (χ4v) is 6.13. The molecule has 0 saturated carbocycles. The summed E-state index contributed by atoms with van der Waals surface area (Å²) in [6.45, 7) is 2.39. The average molecular weight is 602 g/mol. The van der Waals surface area contributed by atoms with Crippen molar-refractivity contribution in [2.45, 2.75) is 12.3 Å². The fourth-order valence-electron chi connectivity index (χ4n) is 6.13. The van der Waals surface area contributed by atoms with Crippen molar-refractivity contribution in [1.82, 2.24) is 25.0 Å². The SMILES string of the molecule is COc1ccc2cc1OCCN(C(=O)CN1CCOC1=O)CCCNC(=O)[C@H]1CN(C(=O)c3ccnc4ccccc34)C[C@H]21. The van der Waals surface area contributed by atoms with Crippen molar-refractivity contribution in [3.05, 3.63) is 65.9 Å². The Labute approximate surface area is 254 Å². The Bertz CT molecular complexity index is 1570. The number of pyridine rings is 1. The number of hydrogen-bond acceptors (Lipinski definition) is 8. The molecule has 2 atom stereocenters. The highest BCUT2D eigenvalue weighted by molar-refractivity contribution is 6.06. The lowest BCUT2D eigenvalue weighted by atomic mass is 9.88. The van der Waals surface area contributed by atoms with Gasteiger partial charge in [-0.25, -0.2) is 4.79 Å². The Morgan fingerprint density at radius 2 is 1.80 bits per heavy atom. The van der Waals surface area contributed by atoms with Gasteiger partial charge < -0.3 is 29.3 Å². The maximum Gasteiger partial charge on any atom is 0.410 e. The molecule has 2 saturated heterocycles. The minimum Gasteiger partial charge on any atom is -0.493 e. The topological polar surface area (TPSA) is 131 Å². The van der Waals surface area contributed by atoms with E-state index in [0.29, 0.717) is 49.7 Å². The second kappa shape index (κ2) is 12.8. The van der Waals surface area contributed by atoms with Gasteiger partial charge in [-0.2, -0.15) is 0 Å². The number of aromatic nitrogens is 1. The molecule has 230 valence electrons. The van der Waals surface area contributed by atoms with E-state index in [1.165, 1.54) is 4.90 Å². The predicted octanol–water partition coefficient (Wildman–Crippen LogP) is 2.28. The summed E-state index contributed by atoms with van der Waals surface area (Å²) in [5.74, 6) is -0.270. The van der Waals surface area contributed by atoms with Crippen LogP contribution in [0.3, 0.4) is 0 Å². The summed E-state index contributed by atoms with van der Waals surface area (Å²) in [6, 6.07) is 14.8. The number of nitrogens with zero attached hydrogens (tertiary/aromatic N) is 4. The van der Waals surface area contributed by atoms with Crippen LogP contribution in [-0.2, 0) is 14.3 Å². The van der Waals surface area contributed by atoms with Crippen molar-refractivity contribution in [3.8, 4) is 11.5 Å². The largest absolute Gasteiger partial charge is 0.493 e. The molecule has 3 aliphatic rings. The number of cyclic esters (lactones) is 1. The zero-order valence-electron chi connectivity index (χ0n) is 24.6. The number of hydrogen-bond donors (Lipinski definition) is 1. The first-order valence-corrected chi connectivity index (χ1v) is 14.8. The highest BCUT2D eigenvalue weighted by atomic mass is 16.6. The van der Waals surface area contributed by atoms with Gasteiger partial charge in [-0.15, -0.1) is 0 Å². The van der Waals surface area contributed by atoms with E-state index in [0.717, 1.165) is 16.5 Å². The van der Waals surface area contributed by atoms with Gasteiger partial charge in [-0.1, -0.05) is 24.3 Å². The number of carbonyl (C=O) groups is 4. The Kier molecular flexibility index (Phi) is 8.49. The standard InChI is InChI=1S/C32H35N5O7/c1-42-27-8-7-21-17-28(27)43-15-13-35(29(38)20-36-14-16-44-32(36)41)12-4-10-34-30(39)25-19-37(18-24(21)25)31(40)23-9-11-33-26-6-3-2-5-22(23)26/h2-3,5-9,11,17,24-25H,4,10,12-16,18-20H2,1H3,(H,34,39)/t24-,25+/m1/s1. The molecular weight excluding hydrogens is 566 g/mol. The smallest absolute Gasteiger partial charge is 0.410 e. The van der Waals surface area contributed by atoms with Crippen molar-refractivity contribution >= 4 is 34.7 Å². The lowest BCUT2D eigenvalue weighted by Gasteiger charge is -2.26. The quantitative estimate of drug-likeness (QED) is 0.482. The number of para-hydroxylation sites is 1. The van der Waals surface area contributed by atoms with Crippen LogP contribution >= 0.6 is 0 Å². The summed E-state index contributed by atoms with van der Waals surface area (Å²) < 4.78 is 16.6. The van der Waals surface area contributed by atoms with Crippen molar-refractivity contribution in [2.75, 3.05) is 66.1 Å². The molecule has 0 spiro atoms. The van der Waals surface area contributed by atoms with Crippen molar-refractivity contribution in [1.29, 1.82) is 0 Å². The Balaban J connectivity index is 1.24. The zero-order chi connectivity index (χ0) is 30.6. The summed E-state index contributed by atoms with van der Waals surface area (Å²) in [5, 5.41) is 3.81. The molecule has 2 bridgehead atoms. The Morgan fingerprint density at radius 3 is 2.61 bits per heavy atom. The van der Waals surface area contributed by atoms with Gasteiger partial charge in [-0.3, -0.25) is 24.3 Å². The van der Waals surface area contributed by atoms with E-state index in [-0.39, 0.29) is 56.5 Å². The zero-order valence-corrected chi connectivity index (χ0v) is 24.6. The number of rotatable bonds is 4. The summed E-state index contributed by atoms with van der Waals surface area (Å²) in [4.78, 5) is 61.6. The van der Waals surface area contributed by atoms with E-state index in [1.54, 1.807) is 35.2 Å². The third kappa shape index (κ3) is 5.97. The van der Waals surface area contributed by atoms with Crippen LogP contribution in [0.25, 0.3) is 10.9 Å². The number of likely N-dealkylation sites (tertiary alicyclic amines) is 1. The molecule has 2 aromatic carbocycles. The van der Waals surface area contributed by atoms with Gasteiger partial charge >= 0.3 is 6.09 Å². The number of methoxy groups -OCH3 is 1. The highest BCUT2D eigenvalue weighted by Crippen LogP contribution is 2.38. The number of nitrogens with one attached hydrogen (secondary N) is 1. The number of carbonyl (C=O) groups excluding carboxylic acids is 4. The molecule has 1 aromatic heterocycles. The third-order valence-corrected chi connectivity index (χ3v) is 8.49. The van der Waals surface area contributed by atoms with Gasteiger partial charge in [0.2, 0.25) is 11.8 Å². The molecule has 6 rings (SSSR count). The summed E-state index contributed by atoms with van der Waals surface area (Å²) in [5.41, 5.74) is 2.14. The van der Waals surface area contributed by atoms with Gasteiger partial charge in [0.25, 0.3) is 5.91 Å². The summed E-state index contributed by atoms with van der Waals surface area (Å²) in [7, 11) is 1.55. The first kappa shape index (κ1) is 29.2. The lowest BCUT2D eigenvalue weighted by Crippen LogP contribution is -2.44. The van der Waals surface area contributed by atoms with Crippen LogP contribution < -0.4 is 14.8 Å². The minimum absolute atomic E-state index is 0.0790. The first-order valence-electron chi connectivity index (χ1n) is 14.8. The molecule has 12 heteroatoms. The van der Waals surface area contributed by atoms with Crippen LogP contribution in [0.1, 0.15) is 28.3 Å². The van der Waals surface area contributed by atoms with Crippen LogP contribution in [0.2, 0.25) is 0 Å². The van der Waals surface area contributed by atoms with E-state index in [2.05, 4.69) is 10.3 Å². The molecule has 4 amide bonds. The Hall–Kier alpha value is -4.87. The van der Waals surface area contributed by atoms with Crippen LogP contribution in [0.5, 0.6) is 11.5 Å². The third-order valence-electron chi connectivity index (χ3n) is 8.49. The minimum atomic E-state index is -0.499. The molecule has 4 heterocycles. The number of ether oxygens (including phenoxy) is 3. The van der Waals surface area contributed by atoms with E-state index in [4.69, 9.17) is 14.2 Å². The molecule has 0 radical (unpaired) electrons. The van der Waals surface area contributed by atoms with Gasteiger partial charge in [0, 0.05) is 43.7 Å². The Morgan fingerprint density at radius 1 is 0.977 bits per heavy atom. The van der Waals surface area contributed by atoms with Crippen molar-refractivity contribution in [3.63, 3.8) is 0 Å². The predicted molar refractivity (Wildman–Crippen MR) is 159 cm³/mol. The van der Waals surface area contributed by atoms with E-state index >= 15 is 0 Å².